The lowest BCUT2D eigenvalue weighted by Crippen LogP contribution is -2.10. The topological polar surface area (TPSA) is 9.23 Å². The number of ether oxygens (including phenoxy) is 1. The van der Waals surface area contributed by atoms with E-state index in [2.05, 4.69) is 6.92 Å². The molecule has 0 aliphatic carbocycles. The molecule has 0 aliphatic rings. The molecule has 1 atom stereocenters. The zero-order chi connectivity index (χ0) is 13.5. The molecule has 102 valence electrons. The van der Waals surface area contributed by atoms with Crippen molar-refractivity contribution in [1.29, 1.82) is 0 Å². The van der Waals surface area contributed by atoms with E-state index in [0.717, 1.165) is 25.7 Å². The van der Waals surface area contributed by atoms with Crippen LogP contribution < -0.4 is 0 Å². The van der Waals surface area contributed by atoms with Crippen LogP contribution in [0, 0.1) is 18.6 Å². The van der Waals surface area contributed by atoms with E-state index in [1.807, 2.05) is 0 Å². The van der Waals surface area contributed by atoms with Crippen molar-refractivity contribution in [2.24, 2.45) is 0 Å². The minimum Gasteiger partial charge on any atom is -0.381 e. The summed E-state index contributed by atoms with van der Waals surface area (Å²) in [5.41, 5.74) is 0.821. The number of hydrogen-bond acceptors (Lipinski definition) is 1. The van der Waals surface area contributed by atoms with Crippen LogP contribution in [0.1, 0.15) is 43.7 Å². The molecule has 0 aromatic heterocycles. The van der Waals surface area contributed by atoms with E-state index in [4.69, 9.17) is 4.74 Å². The molecular weight excluding hydrogens is 234 g/mol. The van der Waals surface area contributed by atoms with E-state index in [0.29, 0.717) is 17.5 Å². The SMILES string of the molecule is CCCC(CCCc1ccc(C)c(F)c1F)OC. The predicted octanol–water partition coefficient (Wildman–Crippen LogP) is 4.41. The van der Waals surface area contributed by atoms with E-state index in [1.165, 1.54) is 0 Å². The standard InChI is InChI=1S/C15H22F2O/c1-4-6-13(18-3)8-5-7-12-10-9-11(2)14(16)15(12)17/h9-10,13H,4-8H2,1-3H3. The lowest BCUT2D eigenvalue weighted by Gasteiger charge is -2.14. The number of halogens is 2. The fourth-order valence-electron chi connectivity index (χ4n) is 2.10. The summed E-state index contributed by atoms with van der Waals surface area (Å²) in [7, 11) is 1.70. The van der Waals surface area contributed by atoms with Crippen LogP contribution in [-0.4, -0.2) is 13.2 Å². The summed E-state index contributed by atoms with van der Waals surface area (Å²) in [6.07, 6.45) is 4.59. The zero-order valence-electron chi connectivity index (χ0n) is 11.4. The van der Waals surface area contributed by atoms with Gasteiger partial charge in [0.25, 0.3) is 0 Å². The van der Waals surface area contributed by atoms with Crippen LogP contribution >= 0.6 is 0 Å². The van der Waals surface area contributed by atoms with Gasteiger partial charge in [0.05, 0.1) is 6.10 Å². The Balaban J connectivity index is 2.51. The lowest BCUT2D eigenvalue weighted by atomic mass is 10.0. The molecule has 0 saturated heterocycles. The summed E-state index contributed by atoms with van der Waals surface area (Å²) >= 11 is 0. The smallest absolute Gasteiger partial charge is 0.162 e. The zero-order valence-corrected chi connectivity index (χ0v) is 11.4. The molecule has 1 aromatic rings. The summed E-state index contributed by atoms with van der Waals surface area (Å²) in [5.74, 6) is -1.41. The van der Waals surface area contributed by atoms with Crippen molar-refractivity contribution in [1.82, 2.24) is 0 Å². The fraction of sp³-hybridized carbons (Fsp3) is 0.600. The molecule has 3 heteroatoms. The van der Waals surface area contributed by atoms with Gasteiger partial charge >= 0.3 is 0 Å². The van der Waals surface area contributed by atoms with E-state index in [1.54, 1.807) is 26.2 Å². The minimum atomic E-state index is -0.718. The third-order valence-electron chi connectivity index (χ3n) is 3.27. The fourth-order valence-corrected chi connectivity index (χ4v) is 2.10. The second-order valence-corrected chi connectivity index (χ2v) is 4.71. The second-order valence-electron chi connectivity index (χ2n) is 4.71. The molecule has 1 unspecified atom stereocenters. The van der Waals surface area contributed by atoms with Gasteiger partial charge in [-0.2, -0.15) is 0 Å². The molecule has 0 saturated carbocycles. The van der Waals surface area contributed by atoms with Crippen LogP contribution in [0.5, 0.6) is 0 Å². The first-order valence-corrected chi connectivity index (χ1v) is 6.56. The molecule has 1 rings (SSSR count). The van der Waals surface area contributed by atoms with Gasteiger partial charge in [-0.1, -0.05) is 25.5 Å². The summed E-state index contributed by atoms with van der Waals surface area (Å²) < 4.78 is 32.3. The summed E-state index contributed by atoms with van der Waals surface area (Å²) in [6.45, 7) is 3.69. The molecule has 18 heavy (non-hydrogen) atoms. The third-order valence-corrected chi connectivity index (χ3v) is 3.27. The van der Waals surface area contributed by atoms with Crippen molar-refractivity contribution >= 4 is 0 Å². The van der Waals surface area contributed by atoms with E-state index >= 15 is 0 Å². The maximum atomic E-state index is 13.6. The molecule has 0 fully saturated rings. The quantitative estimate of drug-likeness (QED) is 0.702. The van der Waals surface area contributed by atoms with Crippen LogP contribution in [0.3, 0.4) is 0 Å². The van der Waals surface area contributed by atoms with Crippen molar-refractivity contribution in [3.8, 4) is 0 Å². The normalized spacial score (nSPS) is 12.7. The van der Waals surface area contributed by atoms with Crippen LogP contribution in [0.25, 0.3) is 0 Å². The van der Waals surface area contributed by atoms with Crippen LogP contribution in [-0.2, 0) is 11.2 Å². The second kappa shape index (κ2) is 7.47. The number of aryl methyl sites for hydroxylation is 2. The largest absolute Gasteiger partial charge is 0.381 e. The van der Waals surface area contributed by atoms with Gasteiger partial charge < -0.3 is 4.74 Å². The predicted molar refractivity (Wildman–Crippen MR) is 69.7 cm³/mol. The van der Waals surface area contributed by atoms with E-state index < -0.39 is 11.6 Å². The Bertz CT molecular complexity index is 377. The summed E-state index contributed by atoms with van der Waals surface area (Å²) in [6, 6.07) is 3.31. The highest BCUT2D eigenvalue weighted by atomic mass is 19.2. The average Bonchev–Trinajstić information content (AvgIpc) is 2.37. The number of methoxy groups -OCH3 is 1. The summed E-state index contributed by atoms with van der Waals surface area (Å²) in [4.78, 5) is 0. The van der Waals surface area contributed by atoms with Crippen molar-refractivity contribution in [2.45, 2.75) is 52.1 Å². The molecule has 0 spiro atoms. The van der Waals surface area contributed by atoms with Gasteiger partial charge in [0.15, 0.2) is 11.6 Å². The van der Waals surface area contributed by atoms with Gasteiger partial charge in [-0.25, -0.2) is 8.78 Å². The van der Waals surface area contributed by atoms with Crippen LogP contribution in [0.4, 0.5) is 8.78 Å². The Hall–Kier alpha value is -0.960. The van der Waals surface area contributed by atoms with Gasteiger partial charge in [-0.3, -0.25) is 0 Å². The molecule has 0 radical (unpaired) electrons. The molecule has 0 bridgehead atoms. The third kappa shape index (κ3) is 4.05. The first kappa shape index (κ1) is 15.1. The molecule has 0 heterocycles. The van der Waals surface area contributed by atoms with E-state index in [-0.39, 0.29) is 6.10 Å². The molecule has 0 aliphatic heterocycles. The number of hydrogen-bond donors (Lipinski definition) is 0. The Kier molecular flexibility index (Phi) is 6.27. The first-order valence-electron chi connectivity index (χ1n) is 6.56. The number of benzene rings is 1. The lowest BCUT2D eigenvalue weighted by molar-refractivity contribution is 0.0856. The van der Waals surface area contributed by atoms with Crippen molar-refractivity contribution < 1.29 is 13.5 Å². The molecule has 1 nitrogen and oxygen atoms in total. The van der Waals surface area contributed by atoms with E-state index in [9.17, 15) is 8.78 Å². The molecular formula is C15H22F2O. The molecule has 0 amide bonds. The van der Waals surface area contributed by atoms with Gasteiger partial charge in [-0.05, 0) is 43.7 Å². The van der Waals surface area contributed by atoms with Gasteiger partial charge in [0, 0.05) is 7.11 Å². The number of rotatable bonds is 7. The first-order chi connectivity index (χ1) is 8.60. The van der Waals surface area contributed by atoms with Gasteiger partial charge in [-0.15, -0.1) is 0 Å². The van der Waals surface area contributed by atoms with Crippen molar-refractivity contribution in [3.05, 3.63) is 34.9 Å². The maximum absolute atomic E-state index is 13.6. The Morgan fingerprint density at radius 2 is 1.89 bits per heavy atom. The Labute approximate surface area is 108 Å². The van der Waals surface area contributed by atoms with Gasteiger partial charge in [0.2, 0.25) is 0 Å². The molecule has 1 aromatic carbocycles. The molecule has 0 N–H and O–H groups in total. The summed E-state index contributed by atoms with van der Waals surface area (Å²) in [5, 5.41) is 0. The Morgan fingerprint density at radius 3 is 2.50 bits per heavy atom. The monoisotopic (exact) mass is 256 g/mol. The highest BCUT2D eigenvalue weighted by Crippen LogP contribution is 2.18. The highest BCUT2D eigenvalue weighted by Gasteiger charge is 2.12. The van der Waals surface area contributed by atoms with Crippen molar-refractivity contribution in [2.75, 3.05) is 7.11 Å². The average molecular weight is 256 g/mol. The van der Waals surface area contributed by atoms with Crippen molar-refractivity contribution in [3.63, 3.8) is 0 Å². The van der Waals surface area contributed by atoms with Gasteiger partial charge in [0.1, 0.15) is 0 Å². The minimum absolute atomic E-state index is 0.230. The highest BCUT2D eigenvalue weighted by molar-refractivity contribution is 5.25. The van der Waals surface area contributed by atoms with Crippen LogP contribution in [0.15, 0.2) is 12.1 Å². The Morgan fingerprint density at radius 1 is 1.17 bits per heavy atom. The van der Waals surface area contributed by atoms with Crippen LogP contribution in [0.2, 0.25) is 0 Å². The maximum Gasteiger partial charge on any atom is 0.162 e.